The lowest BCUT2D eigenvalue weighted by Crippen LogP contribution is -2.40. The zero-order valence-corrected chi connectivity index (χ0v) is 12.9. The molecule has 0 aromatic rings. The third-order valence-corrected chi connectivity index (χ3v) is 5.26. The molecule has 0 aromatic carbocycles. The highest BCUT2D eigenvalue weighted by Gasteiger charge is 2.24. The minimum atomic E-state index is 0.450. The van der Waals surface area contributed by atoms with E-state index in [1.165, 1.54) is 25.7 Å². The number of hydrogen-bond donors (Lipinski definition) is 1. The molecule has 16 heavy (non-hydrogen) atoms. The van der Waals surface area contributed by atoms with Crippen LogP contribution in [0.2, 0.25) is 0 Å². The van der Waals surface area contributed by atoms with E-state index in [9.17, 15) is 0 Å². The molecule has 0 heterocycles. The predicted molar refractivity (Wildman–Crippen MR) is 78.4 cm³/mol. The molecule has 0 saturated carbocycles. The lowest BCUT2D eigenvalue weighted by molar-refractivity contribution is 0.412. The van der Waals surface area contributed by atoms with E-state index in [0.29, 0.717) is 10.8 Å². The number of rotatable bonds is 9. The van der Waals surface area contributed by atoms with Crippen molar-refractivity contribution < 1.29 is 0 Å². The molecular formula is C14H31NS. The van der Waals surface area contributed by atoms with Gasteiger partial charge in [0, 0.05) is 17.3 Å². The van der Waals surface area contributed by atoms with E-state index in [0.717, 1.165) is 12.5 Å². The van der Waals surface area contributed by atoms with Crippen LogP contribution in [-0.4, -0.2) is 23.6 Å². The molecule has 0 spiro atoms. The highest BCUT2D eigenvalue weighted by molar-refractivity contribution is 8.00. The van der Waals surface area contributed by atoms with Gasteiger partial charge in [0.25, 0.3) is 0 Å². The molecule has 0 rings (SSSR count). The first-order valence-corrected chi connectivity index (χ1v) is 8.00. The van der Waals surface area contributed by atoms with Crippen LogP contribution in [-0.2, 0) is 0 Å². The van der Waals surface area contributed by atoms with Gasteiger partial charge in [-0.15, -0.1) is 0 Å². The van der Waals surface area contributed by atoms with Crippen molar-refractivity contribution in [2.24, 2.45) is 5.92 Å². The molecule has 0 amide bonds. The van der Waals surface area contributed by atoms with Crippen molar-refractivity contribution in [3.05, 3.63) is 0 Å². The molecule has 1 unspecified atom stereocenters. The van der Waals surface area contributed by atoms with Crippen molar-refractivity contribution in [3.63, 3.8) is 0 Å². The largest absolute Gasteiger partial charge is 0.313 e. The Labute approximate surface area is 107 Å². The summed E-state index contributed by atoms with van der Waals surface area (Å²) in [5, 5.41) is 3.71. The summed E-state index contributed by atoms with van der Waals surface area (Å²) in [7, 11) is 0. The van der Waals surface area contributed by atoms with E-state index >= 15 is 0 Å². The molecule has 0 aliphatic heterocycles. The maximum Gasteiger partial charge on any atom is 0.0276 e. The summed E-state index contributed by atoms with van der Waals surface area (Å²) >= 11 is 2.02. The van der Waals surface area contributed by atoms with Crippen molar-refractivity contribution in [1.29, 1.82) is 0 Å². The van der Waals surface area contributed by atoms with Crippen LogP contribution in [0.3, 0.4) is 0 Å². The van der Waals surface area contributed by atoms with Crippen molar-refractivity contribution in [3.8, 4) is 0 Å². The highest BCUT2D eigenvalue weighted by atomic mass is 32.2. The van der Waals surface area contributed by atoms with Crippen LogP contribution in [0.5, 0.6) is 0 Å². The van der Waals surface area contributed by atoms with Crippen molar-refractivity contribution in [2.75, 3.05) is 12.8 Å². The van der Waals surface area contributed by atoms with E-state index in [4.69, 9.17) is 0 Å². The first-order chi connectivity index (χ1) is 7.49. The Morgan fingerprint density at radius 3 is 2.00 bits per heavy atom. The Morgan fingerprint density at radius 1 is 1.06 bits per heavy atom. The third kappa shape index (κ3) is 6.15. The molecular weight excluding hydrogens is 214 g/mol. The summed E-state index contributed by atoms with van der Waals surface area (Å²) in [6.45, 7) is 12.7. The molecule has 0 fully saturated rings. The van der Waals surface area contributed by atoms with Gasteiger partial charge < -0.3 is 5.32 Å². The Hall–Kier alpha value is 0.310. The van der Waals surface area contributed by atoms with Gasteiger partial charge in [0.05, 0.1) is 0 Å². The van der Waals surface area contributed by atoms with Crippen molar-refractivity contribution in [2.45, 2.75) is 71.1 Å². The average Bonchev–Trinajstić information content (AvgIpc) is 2.29. The van der Waals surface area contributed by atoms with Crippen LogP contribution in [0, 0.1) is 5.92 Å². The quantitative estimate of drug-likeness (QED) is 0.649. The van der Waals surface area contributed by atoms with Crippen LogP contribution in [0.4, 0.5) is 0 Å². The SMILES string of the molecule is CCC(CC)(CNC(C)CCC(C)C)SC. The molecule has 98 valence electrons. The second kappa shape index (κ2) is 8.41. The maximum atomic E-state index is 3.71. The van der Waals surface area contributed by atoms with Gasteiger partial charge in [-0.1, -0.05) is 27.7 Å². The van der Waals surface area contributed by atoms with Gasteiger partial charge in [0.1, 0.15) is 0 Å². The summed E-state index contributed by atoms with van der Waals surface area (Å²) in [4.78, 5) is 0. The van der Waals surface area contributed by atoms with Crippen LogP contribution in [0.15, 0.2) is 0 Å². The Kier molecular flexibility index (Phi) is 8.57. The van der Waals surface area contributed by atoms with E-state index in [2.05, 4.69) is 46.2 Å². The Morgan fingerprint density at radius 2 is 1.62 bits per heavy atom. The summed E-state index contributed by atoms with van der Waals surface area (Å²) in [5.41, 5.74) is 0. The second-order valence-electron chi connectivity index (χ2n) is 5.35. The summed E-state index contributed by atoms with van der Waals surface area (Å²) in [5.74, 6) is 0.826. The zero-order valence-electron chi connectivity index (χ0n) is 12.1. The first kappa shape index (κ1) is 16.3. The average molecular weight is 245 g/mol. The molecule has 1 nitrogen and oxygen atoms in total. The highest BCUT2D eigenvalue weighted by Crippen LogP contribution is 2.29. The summed E-state index contributed by atoms with van der Waals surface area (Å²) in [6.07, 6.45) is 7.39. The van der Waals surface area contributed by atoms with Gasteiger partial charge in [-0.2, -0.15) is 11.8 Å². The fourth-order valence-corrected chi connectivity index (χ4v) is 2.71. The Bertz CT molecular complexity index is 156. The molecule has 0 aromatic heterocycles. The standard InChI is InChI=1S/C14H31NS/c1-7-14(8-2,16-6)11-15-13(5)10-9-12(3)4/h12-13,15H,7-11H2,1-6H3. The molecule has 1 atom stereocenters. The minimum absolute atomic E-state index is 0.450. The monoisotopic (exact) mass is 245 g/mol. The molecule has 0 aliphatic rings. The van der Waals surface area contributed by atoms with Gasteiger partial charge >= 0.3 is 0 Å². The predicted octanol–water partition coefficient (Wildman–Crippen LogP) is 4.32. The lowest BCUT2D eigenvalue weighted by atomic mass is 10.0. The van der Waals surface area contributed by atoms with Crippen LogP contribution in [0.25, 0.3) is 0 Å². The van der Waals surface area contributed by atoms with Crippen LogP contribution in [0.1, 0.15) is 60.3 Å². The molecule has 0 saturated heterocycles. The van der Waals surface area contributed by atoms with Crippen molar-refractivity contribution >= 4 is 11.8 Å². The fraction of sp³-hybridized carbons (Fsp3) is 1.00. The topological polar surface area (TPSA) is 12.0 Å². The molecule has 0 bridgehead atoms. The Balaban J connectivity index is 3.91. The third-order valence-electron chi connectivity index (χ3n) is 3.67. The number of thioether (sulfide) groups is 1. The van der Waals surface area contributed by atoms with Gasteiger partial charge in [0.15, 0.2) is 0 Å². The van der Waals surface area contributed by atoms with Gasteiger partial charge in [0.2, 0.25) is 0 Å². The van der Waals surface area contributed by atoms with Gasteiger partial charge in [-0.25, -0.2) is 0 Å². The summed E-state index contributed by atoms with van der Waals surface area (Å²) in [6, 6.07) is 0.659. The lowest BCUT2D eigenvalue weighted by Gasteiger charge is -2.31. The first-order valence-electron chi connectivity index (χ1n) is 6.78. The second-order valence-corrected chi connectivity index (χ2v) is 6.62. The van der Waals surface area contributed by atoms with Crippen LogP contribution >= 0.6 is 11.8 Å². The molecule has 0 aliphatic carbocycles. The van der Waals surface area contributed by atoms with E-state index in [1.807, 2.05) is 11.8 Å². The van der Waals surface area contributed by atoms with Crippen LogP contribution < -0.4 is 5.32 Å². The van der Waals surface area contributed by atoms with Gasteiger partial charge in [-0.3, -0.25) is 0 Å². The summed E-state index contributed by atoms with van der Waals surface area (Å²) < 4.78 is 0.450. The van der Waals surface area contributed by atoms with Gasteiger partial charge in [-0.05, 0) is 44.8 Å². The van der Waals surface area contributed by atoms with E-state index < -0.39 is 0 Å². The number of hydrogen-bond acceptors (Lipinski definition) is 2. The van der Waals surface area contributed by atoms with E-state index in [1.54, 1.807) is 0 Å². The smallest absolute Gasteiger partial charge is 0.0276 e. The molecule has 1 N–H and O–H groups in total. The normalized spacial score (nSPS) is 14.4. The molecule has 0 radical (unpaired) electrons. The maximum absolute atomic E-state index is 3.71. The van der Waals surface area contributed by atoms with E-state index in [-0.39, 0.29) is 0 Å². The van der Waals surface area contributed by atoms with Crippen molar-refractivity contribution in [1.82, 2.24) is 5.32 Å². The molecule has 2 heteroatoms. The minimum Gasteiger partial charge on any atom is -0.313 e. The fourth-order valence-electron chi connectivity index (χ4n) is 1.91. The number of nitrogens with one attached hydrogen (secondary N) is 1. The zero-order chi connectivity index (χ0) is 12.6.